The highest BCUT2D eigenvalue weighted by atomic mass is 16.7. The number of methoxy groups -OCH3 is 1. The molecule has 0 saturated carbocycles. The highest BCUT2D eigenvalue weighted by Crippen LogP contribution is 2.45. The Morgan fingerprint density at radius 3 is 2.34 bits per heavy atom. The molecule has 0 radical (unpaired) electrons. The van der Waals surface area contributed by atoms with Crippen LogP contribution in [-0.4, -0.2) is 37.3 Å². The molecule has 1 unspecified atom stereocenters. The van der Waals surface area contributed by atoms with Crippen LogP contribution < -0.4 is 23.8 Å². The van der Waals surface area contributed by atoms with Gasteiger partial charge in [-0.3, -0.25) is 14.5 Å². The van der Waals surface area contributed by atoms with Crippen LogP contribution in [0.1, 0.15) is 24.1 Å². The summed E-state index contributed by atoms with van der Waals surface area (Å²) in [5.41, 5.74) is 1.47. The first-order valence-corrected chi connectivity index (χ1v) is 11.1. The van der Waals surface area contributed by atoms with Gasteiger partial charge in [0.05, 0.1) is 25.3 Å². The van der Waals surface area contributed by atoms with E-state index in [4.69, 9.17) is 18.9 Å². The molecule has 2 aliphatic heterocycles. The normalized spacial score (nSPS) is 18.1. The minimum absolute atomic E-state index is 0.0120. The Hall–Kier alpha value is -4.46. The van der Waals surface area contributed by atoms with Crippen molar-refractivity contribution in [2.75, 3.05) is 25.4 Å². The molecule has 178 valence electrons. The molecule has 0 aromatic heterocycles. The lowest BCUT2D eigenvalue weighted by molar-refractivity contribution is -0.132. The number of anilines is 1. The second kappa shape index (κ2) is 9.06. The molecule has 1 fully saturated rings. The third kappa shape index (κ3) is 3.93. The molecule has 0 aliphatic carbocycles. The van der Waals surface area contributed by atoms with Crippen molar-refractivity contribution in [2.24, 2.45) is 0 Å². The molecule has 8 nitrogen and oxygen atoms in total. The fourth-order valence-electron chi connectivity index (χ4n) is 4.27. The summed E-state index contributed by atoms with van der Waals surface area (Å²) in [5.74, 6) is 0.490. The van der Waals surface area contributed by atoms with Gasteiger partial charge in [-0.25, -0.2) is 0 Å². The van der Waals surface area contributed by atoms with Crippen LogP contribution in [0.3, 0.4) is 0 Å². The van der Waals surface area contributed by atoms with Crippen molar-refractivity contribution in [3.8, 4) is 23.0 Å². The molecular weight excluding hydrogens is 450 g/mol. The van der Waals surface area contributed by atoms with E-state index >= 15 is 0 Å². The topological polar surface area (TPSA) is 94.5 Å². The molecule has 1 amide bonds. The van der Waals surface area contributed by atoms with E-state index in [9.17, 15) is 14.7 Å². The van der Waals surface area contributed by atoms with Crippen molar-refractivity contribution < 1.29 is 33.6 Å². The minimum atomic E-state index is -0.867. The summed E-state index contributed by atoms with van der Waals surface area (Å²) in [6, 6.07) is 17.9. The molecule has 35 heavy (non-hydrogen) atoms. The summed E-state index contributed by atoms with van der Waals surface area (Å²) in [7, 11) is 1.54. The Kier molecular flexibility index (Phi) is 5.78. The molecular formula is C27H23NO7. The molecule has 0 spiro atoms. The first-order chi connectivity index (χ1) is 17.0. The lowest BCUT2D eigenvalue weighted by atomic mass is 9.95. The second-order valence-corrected chi connectivity index (χ2v) is 7.94. The van der Waals surface area contributed by atoms with E-state index in [1.165, 1.54) is 12.0 Å². The van der Waals surface area contributed by atoms with Crippen LogP contribution >= 0.6 is 0 Å². The van der Waals surface area contributed by atoms with Crippen molar-refractivity contribution in [3.63, 3.8) is 0 Å². The van der Waals surface area contributed by atoms with Crippen LogP contribution in [0.25, 0.3) is 5.76 Å². The van der Waals surface area contributed by atoms with Gasteiger partial charge in [0, 0.05) is 17.3 Å². The molecule has 8 heteroatoms. The predicted octanol–water partition coefficient (Wildman–Crippen LogP) is 4.45. The third-order valence-corrected chi connectivity index (χ3v) is 5.95. The molecule has 1 atom stereocenters. The highest BCUT2D eigenvalue weighted by Gasteiger charge is 2.47. The standard InChI is InChI=1S/C27H23NO7/c1-3-33-20-11-4-16(5-12-20)24-23(25(29)17-6-9-19(32-2)10-7-17)26(30)27(31)28(24)18-8-13-21-22(14-18)35-15-34-21/h4-14,24,29H,3,15H2,1-2H3/b25-23+. The van der Waals surface area contributed by atoms with Gasteiger partial charge in [-0.2, -0.15) is 0 Å². The quantitative estimate of drug-likeness (QED) is 0.321. The largest absolute Gasteiger partial charge is 0.507 e. The number of hydrogen-bond acceptors (Lipinski definition) is 7. The molecule has 5 rings (SSSR count). The van der Waals surface area contributed by atoms with Crippen LogP contribution in [0.5, 0.6) is 23.0 Å². The molecule has 3 aromatic rings. The van der Waals surface area contributed by atoms with Gasteiger partial charge in [-0.05, 0) is 61.0 Å². The number of amides is 1. The zero-order valence-corrected chi connectivity index (χ0v) is 19.2. The molecule has 3 aromatic carbocycles. The Balaban J connectivity index is 1.66. The maximum atomic E-state index is 13.3. The van der Waals surface area contributed by atoms with Crippen LogP contribution in [0.15, 0.2) is 72.3 Å². The Bertz CT molecular complexity index is 1310. The van der Waals surface area contributed by atoms with Crippen LogP contribution in [0.2, 0.25) is 0 Å². The summed E-state index contributed by atoms with van der Waals surface area (Å²) in [5, 5.41) is 11.2. The van der Waals surface area contributed by atoms with Crippen molar-refractivity contribution in [1.29, 1.82) is 0 Å². The average Bonchev–Trinajstić information content (AvgIpc) is 3.46. The van der Waals surface area contributed by atoms with Gasteiger partial charge >= 0.3 is 0 Å². The Morgan fingerprint density at radius 1 is 0.971 bits per heavy atom. The number of ketones is 1. The number of ether oxygens (including phenoxy) is 4. The van der Waals surface area contributed by atoms with Gasteiger partial charge in [0.15, 0.2) is 11.5 Å². The predicted molar refractivity (Wildman–Crippen MR) is 128 cm³/mol. The first-order valence-electron chi connectivity index (χ1n) is 11.1. The van der Waals surface area contributed by atoms with Gasteiger partial charge in [0.1, 0.15) is 17.3 Å². The zero-order valence-electron chi connectivity index (χ0n) is 19.2. The Morgan fingerprint density at radius 2 is 1.66 bits per heavy atom. The van der Waals surface area contributed by atoms with E-state index in [1.807, 2.05) is 6.92 Å². The van der Waals surface area contributed by atoms with Crippen molar-refractivity contribution in [2.45, 2.75) is 13.0 Å². The minimum Gasteiger partial charge on any atom is -0.507 e. The van der Waals surface area contributed by atoms with Gasteiger partial charge < -0.3 is 24.1 Å². The summed E-state index contributed by atoms with van der Waals surface area (Å²) in [6.45, 7) is 2.47. The smallest absolute Gasteiger partial charge is 0.300 e. The number of benzene rings is 3. The van der Waals surface area contributed by atoms with E-state index in [1.54, 1.807) is 66.7 Å². The lowest BCUT2D eigenvalue weighted by Gasteiger charge is -2.25. The fraction of sp³-hybridized carbons (Fsp3) is 0.185. The summed E-state index contributed by atoms with van der Waals surface area (Å²) in [4.78, 5) is 28.0. The number of nitrogens with zero attached hydrogens (tertiary/aromatic N) is 1. The first kappa shape index (κ1) is 22.3. The van der Waals surface area contributed by atoms with E-state index in [2.05, 4.69) is 0 Å². The monoisotopic (exact) mass is 473 g/mol. The van der Waals surface area contributed by atoms with E-state index in [0.717, 1.165) is 0 Å². The lowest BCUT2D eigenvalue weighted by Crippen LogP contribution is -2.29. The molecule has 0 bridgehead atoms. The number of carbonyl (C=O) groups excluding carboxylic acids is 2. The van der Waals surface area contributed by atoms with E-state index in [-0.39, 0.29) is 18.1 Å². The third-order valence-electron chi connectivity index (χ3n) is 5.95. The SMILES string of the molecule is CCOc1ccc(C2/C(=C(\O)c3ccc(OC)cc3)C(=O)C(=O)N2c2ccc3c(c2)OCO3)cc1. The van der Waals surface area contributed by atoms with E-state index in [0.29, 0.717) is 46.4 Å². The van der Waals surface area contributed by atoms with Crippen molar-refractivity contribution >= 4 is 23.1 Å². The van der Waals surface area contributed by atoms with E-state index < -0.39 is 17.7 Å². The van der Waals surface area contributed by atoms with Gasteiger partial charge in [0.2, 0.25) is 6.79 Å². The van der Waals surface area contributed by atoms with Gasteiger partial charge in [-0.1, -0.05) is 12.1 Å². The number of Topliss-reactive ketones (excluding diaryl/α,β-unsaturated/α-hetero) is 1. The molecule has 2 aliphatic rings. The molecule has 2 heterocycles. The van der Waals surface area contributed by atoms with Crippen LogP contribution in [0.4, 0.5) is 5.69 Å². The highest BCUT2D eigenvalue weighted by molar-refractivity contribution is 6.51. The van der Waals surface area contributed by atoms with Gasteiger partial charge in [0.25, 0.3) is 11.7 Å². The van der Waals surface area contributed by atoms with Crippen LogP contribution in [0, 0.1) is 0 Å². The number of rotatable bonds is 6. The summed E-state index contributed by atoms with van der Waals surface area (Å²) < 4.78 is 21.6. The number of aliphatic hydroxyl groups is 1. The number of hydrogen-bond donors (Lipinski definition) is 1. The summed E-state index contributed by atoms with van der Waals surface area (Å²) >= 11 is 0. The van der Waals surface area contributed by atoms with Crippen molar-refractivity contribution in [3.05, 3.63) is 83.4 Å². The maximum Gasteiger partial charge on any atom is 0.300 e. The second-order valence-electron chi connectivity index (χ2n) is 7.94. The number of fused-ring (bicyclic) bond motifs is 1. The Labute approximate surface area is 201 Å². The number of carbonyl (C=O) groups is 2. The van der Waals surface area contributed by atoms with Gasteiger partial charge in [-0.15, -0.1) is 0 Å². The fourth-order valence-corrected chi connectivity index (χ4v) is 4.27. The van der Waals surface area contributed by atoms with Crippen molar-refractivity contribution in [1.82, 2.24) is 0 Å². The average molecular weight is 473 g/mol. The van der Waals surface area contributed by atoms with Crippen LogP contribution in [-0.2, 0) is 9.59 Å². The summed E-state index contributed by atoms with van der Waals surface area (Å²) in [6.07, 6.45) is 0. The maximum absolute atomic E-state index is 13.3. The molecule has 1 saturated heterocycles. The number of aliphatic hydroxyl groups excluding tert-OH is 1. The zero-order chi connectivity index (χ0) is 24.5. The molecule has 1 N–H and O–H groups in total.